The molecular formula is C29H23N3O4S. The lowest BCUT2D eigenvalue weighted by atomic mass is 9.97. The molecule has 0 aliphatic carbocycles. The topological polar surface area (TPSA) is 126 Å². The Kier molecular flexibility index (Phi) is 6.43. The van der Waals surface area contributed by atoms with E-state index in [-0.39, 0.29) is 17.3 Å². The number of aliphatic imine (C=N–C) groups is 1. The van der Waals surface area contributed by atoms with Gasteiger partial charge in [-0.2, -0.15) is 0 Å². The van der Waals surface area contributed by atoms with E-state index in [0.717, 1.165) is 27.8 Å². The Balaban J connectivity index is 1.47. The van der Waals surface area contributed by atoms with Crippen molar-refractivity contribution in [1.29, 1.82) is 0 Å². The van der Waals surface area contributed by atoms with Crippen LogP contribution in [0.4, 0.5) is 0 Å². The van der Waals surface area contributed by atoms with E-state index in [1.807, 2.05) is 54.6 Å². The normalized spacial score (nSPS) is 11.8. The van der Waals surface area contributed by atoms with Gasteiger partial charge in [-0.1, -0.05) is 72.8 Å². The highest BCUT2D eigenvalue weighted by Gasteiger charge is 2.12. The Hall–Kier alpha value is -4.53. The van der Waals surface area contributed by atoms with Gasteiger partial charge in [0.2, 0.25) is 15.9 Å². The number of nitrogens with zero attached hydrogens (tertiary/aromatic N) is 1. The number of nitrogens with two attached hydrogens (primary N) is 1. The Labute approximate surface area is 213 Å². The van der Waals surface area contributed by atoms with E-state index < -0.39 is 15.6 Å². The standard InChI is InChI=1S/C29H23N3O4S/c30-37(35,36)24-13-6-19(7-14-24)17-31-18-27-26-16-23(12-15-25(26)28(33)32-29(27)34)22-10-8-21(9-11-22)20-4-2-1-3-5-20/h1-16,18H,17H2,(H2,30,35,36)(H2,32,33,34). The fraction of sp³-hybridized carbons (Fsp3) is 0.0345. The second kappa shape index (κ2) is 9.85. The highest BCUT2D eigenvalue weighted by atomic mass is 32.2. The van der Waals surface area contributed by atoms with Gasteiger partial charge in [0.15, 0.2) is 0 Å². The number of H-pyrrole nitrogens is 1. The van der Waals surface area contributed by atoms with Crippen molar-refractivity contribution in [2.24, 2.45) is 10.1 Å². The van der Waals surface area contributed by atoms with Gasteiger partial charge in [0, 0.05) is 17.0 Å². The predicted molar refractivity (Wildman–Crippen MR) is 146 cm³/mol. The van der Waals surface area contributed by atoms with Crippen molar-refractivity contribution >= 4 is 27.0 Å². The van der Waals surface area contributed by atoms with Crippen LogP contribution in [0.1, 0.15) is 11.1 Å². The minimum absolute atomic E-state index is 0.0221. The van der Waals surface area contributed by atoms with Crippen molar-refractivity contribution in [3.05, 3.63) is 119 Å². The second-order valence-electron chi connectivity index (χ2n) is 8.58. The molecule has 0 aliphatic heterocycles. The molecule has 5 rings (SSSR count). The zero-order chi connectivity index (χ0) is 26.0. The molecule has 0 unspecified atom stereocenters. The van der Waals surface area contributed by atoms with E-state index >= 15 is 0 Å². The van der Waals surface area contributed by atoms with E-state index in [4.69, 9.17) is 5.14 Å². The molecule has 0 saturated heterocycles. The van der Waals surface area contributed by atoms with Gasteiger partial charge in [0.25, 0.3) is 5.56 Å². The Morgan fingerprint density at radius 1 is 0.784 bits per heavy atom. The molecule has 0 amide bonds. The fourth-order valence-electron chi connectivity index (χ4n) is 4.16. The van der Waals surface area contributed by atoms with Crippen LogP contribution in [0, 0.1) is 0 Å². The smallest absolute Gasteiger partial charge is 0.258 e. The predicted octanol–water partition coefficient (Wildman–Crippen LogP) is 4.83. The summed E-state index contributed by atoms with van der Waals surface area (Å²) in [6, 6.07) is 29.8. The third-order valence-corrected chi connectivity index (χ3v) is 7.04. The SMILES string of the molecule is NS(=O)(=O)c1ccc(CN=Cc2c(O)[nH]c(=O)c3ccc(-c4ccc(-c5ccccc5)cc4)cc23)cc1. The molecule has 4 aromatic carbocycles. The molecule has 0 aliphatic rings. The van der Waals surface area contributed by atoms with E-state index in [1.54, 1.807) is 18.2 Å². The summed E-state index contributed by atoms with van der Waals surface area (Å²) >= 11 is 0. The maximum Gasteiger partial charge on any atom is 0.258 e. The molecule has 0 fully saturated rings. The van der Waals surface area contributed by atoms with Crippen molar-refractivity contribution in [2.75, 3.05) is 0 Å². The van der Waals surface area contributed by atoms with Crippen molar-refractivity contribution in [2.45, 2.75) is 11.4 Å². The minimum atomic E-state index is -3.77. The Morgan fingerprint density at radius 3 is 2.03 bits per heavy atom. The van der Waals surface area contributed by atoms with Crippen LogP contribution in [0.25, 0.3) is 33.0 Å². The molecule has 0 radical (unpaired) electrons. The summed E-state index contributed by atoms with van der Waals surface area (Å²) in [5.41, 5.74) is 4.85. The van der Waals surface area contributed by atoms with Crippen LogP contribution in [-0.2, 0) is 16.6 Å². The molecule has 0 saturated carbocycles. The van der Waals surface area contributed by atoms with Crippen LogP contribution in [0.5, 0.6) is 5.88 Å². The van der Waals surface area contributed by atoms with Crippen LogP contribution >= 0.6 is 0 Å². The number of aromatic nitrogens is 1. The molecule has 0 spiro atoms. The minimum Gasteiger partial charge on any atom is -0.494 e. The zero-order valence-electron chi connectivity index (χ0n) is 19.6. The summed E-state index contributed by atoms with van der Waals surface area (Å²) < 4.78 is 22.9. The lowest BCUT2D eigenvalue weighted by Gasteiger charge is -2.09. The number of benzene rings is 4. The monoisotopic (exact) mass is 509 g/mol. The van der Waals surface area contributed by atoms with Crippen LogP contribution in [0.3, 0.4) is 0 Å². The molecule has 4 N–H and O–H groups in total. The van der Waals surface area contributed by atoms with Crippen molar-refractivity contribution in [3.8, 4) is 28.1 Å². The molecule has 7 nitrogen and oxygen atoms in total. The van der Waals surface area contributed by atoms with E-state index in [1.165, 1.54) is 18.3 Å². The van der Waals surface area contributed by atoms with Crippen LogP contribution in [0.15, 0.2) is 112 Å². The molecule has 0 bridgehead atoms. The first kappa shape index (κ1) is 24.2. The first-order valence-corrected chi connectivity index (χ1v) is 13.0. The van der Waals surface area contributed by atoms with Gasteiger partial charge in [-0.25, -0.2) is 13.6 Å². The maximum absolute atomic E-state index is 12.5. The fourth-order valence-corrected chi connectivity index (χ4v) is 4.67. The molecule has 5 aromatic rings. The van der Waals surface area contributed by atoms with Crippen LogP contribution in [-0.4, -0.2) is 24.7 Å². The number of pyridine rings is 1. The molecule has 184 valence electrons. The number of hydrogen-bond acceptors (Lipinski definition) is 5. The van der Waals surface area contributed by atoms with Gasteiger partial charge in [-0.15, -0.1) is 0 Å². The summed E-state index contributed by atoms with van der Waals surface area (Å²) in [4.78, 5) is 19.4. The van der Waals surface area contributed by atoms with E-state index in [2.05, 4.69) is 22.1 Å². The quantitative estimate of drug-likeness (QED) is 0.283. The third kappa shape index (κ3) is 5.20. The summed E-state index contributed by atoms with van der Waals surface area (Å²) in [6.07, 6.45) is 1.50. The van der Waals surface area contributed by atoms with Crippen LogP contribution in [0.2, 0.25) is 0 Å². The van der Waals surface area contributed by atoms with Gasteiger partial charge in [0.05, 0.1) is 17.0 Å². The van der Waals surface area contributed by atoms with E-state index in [0.29, 0.717) is 16.3 Å². The molecular weight excluding hydrogens is 486 g/mol. The maximum atomic E-state index is 12.5. The molecule has 1 aromatic heterocycles. The highest BCUT2D eigenvalue weighted by molar-refractivity contribution is 7.89. The molecule has 37 heavy (non-hydrogen) atoms. The molecule has 8 heteroatoms. The van der Waals surface area contributed by atoms with Crippen molar-refractivity contribution in [3.63, 3.8) is 0 Å². The van der Waals surface area contributed by atoms with Gasteiger partial charge in [0.1, 0.15) is 0 Å². The number of rotatable bonds is 6. The number of nitrogens with one attached hydrogen (secondary N) is 1. The van der Waals surface area contributed by atoms with Gasteiger partial charge in [-0.05, 0) is 52.1 Å². The largest absolute Gasteiger partial charge is 0.494 e. The Morgan fingerprint density at radius 2 is 1.38 bits per heavy atom. The summed E-state index contributed by atoms with van der Waals surface area (Å²) in [5.74, 6) is -0.276. The van der Waals surface area contributed by atoms with Crippen LogP contribution < -0.4 is 10.7 Å². The highest BCUT2D eigenvalue weighted by Crippen LogP contribution is 2.29. The summed E-state index contributed by atoms with van der Waals surface area (Å²) in [5, 5.41) is 16.6. The molecule has 1 heterocycles. The van der Waals surface area contributed by atoms with Gasteiger partial charge >= 0.3 is 0 Å². The zero-order valence-corrected chi connectivity index (χ0v) is 20.4. The Bertz CT molecular complexity index is 1780. The molecule has 0 atom stereocenters. The van der Waals surface area contributed by atoms with E-state index in [9.17, 15) is 18.3 Å². The average molecular weight is 510 g/mol. The number of fused-ring (bicyclic) bond motifs is 1. The lowest BCUT2D eigenvalue weighted by Crippen LogP contribution is -2.11. The summed E-state index contributed by atoms with van der Waals surface area (Å²) in [7, 11) is -3.77. The first-order chi connectivity index (χ1) is 17.8. The van der Waals surface area contributed by atoms with Crippen molar-refractivity contribution < 1.29 is 13.5 Å². The third-order valence-electron chi connectivity index (χ3n) is 6.11. The van der Waals surface area contributed by atoms with Gasteiger partial charge in [-0.3, -0.25) is 14.8 Å². The average Bonchev–Trinajstić information content (AvgIpc) is 2.90. The number of primary sulfonamides is 1. The number of aromatic amines is 1. The second-order valence-corrected chi connectivity index (χ2v) is 10.1. The lowest BCUT2D eigenvalue weighted by molar-refractivity contribution is 0.452. The summed E-state index contributed by atoms with van der Waals surface area (Å²) in [6.45, 7) is 0.242. The number of aromatic hydroxyl groups is 1. The first-order valence-electron chi connectivity index (χ1n) is 11.5. The van der Waals surface area contributed by atoms with Gasteiger partial charge < -0.3 is 5.11 Å². The van der Waals surface area contributed by atoms with Crippen molar-refractivity contribution in [1.82, 2.24) is 4.98 Å². The number of sulfonamides is 1. The number of hydrogen-bond donors (Lipinski definition) is 3.